The lowest BCUT2D eigenvalue weighted by Crippen LogP contribution is -2.07. The van der Waals surface area contributed by atoms with Crippen LogP contribution in [0.15, 0.2) is 30.3 Å². The number of hydrogen-bond acceptors (Lipinski definition) is 3. The van der Waals surface area contributed by atoms with E-state index in [9.17, 15) is 4.39 Å². The van der Waals surface area contributed by atoms with E-state index < -0.39 is 6.17 Å². The van der Waals surface area contributed by atoms with E-state index >= 15 is 0 Å². The van der Waals surface area contributed by atoms with Gasteiger partial charge in [0, 0.05) is 11.8 Å². The molecule has 0 saturated heterocycles. The highest BCUT2D eigenvalue weighted by atomic mass is 32.1. The van der Waals surface area contributed by atoms with Gasteiger partial charge in [-0.1, -0.05) is 42.5 Å². The molecule has 0 fully saturated rings. The molecule has 3 rings (SSSR count). The molecule has 2 aromatic rings. The molecule has 17 heavy (non-hydrogen) atoms. The lowest BCUT2D eigenvalue weighted by Gasteiger charge is -2.10. The Labute approximate surface area is 103 Å². The summed E-state index contributed by atoms with van der Waals surface area (Å²) in [5, 5.41) is 5.60. The molecule has 86 valence electrons. The highest BCUT2D eigenvalue weighted by Gasteiger charge is 2.34. The van der Waals surface area contributed by atoms with Crippen LogP contribution in [0.4, 0.5) is 4.39 Å². The lowest BCUT2D eigenvalue weighted by atomic mass is 10.0. The van der Waals surface area contributed by atoms with E-state index in [-0.39, 0.29) is 6.04 Å². The van der Waals surface area contributed by atoms with Crippen LogP contribution in [0.3, 0.4) is 0 Å². The maximum Gasteiger partial charge on any atom is 0.185 e. The topological polar surface area (TPSA) is 30.7 Å². The molecule has 3 nitrogen and oxygen atoms in total. The Morgan fingerprint density at radius 2 is 2.12 bits per heavy atom. The summed E-state index contributed by atoms with van der Waals surface area (Å²) >= 11 is 4.77. The molecule has 0 radical (unpaired) electrons. The minimum atomic E-state index is -1.06. The number of hydrogen-bond donors (Lipinski definition) is 0. The normalized spacial score (nSPS) is 22.4. The highest BCUT2D eigenvalue weighted by molar-refractivity contribution is 7.79. The maximum atomic E-state index is 13.8. The molecule has 0 bridgehead atoms. The van der Waals surface area contributed by atoms with E-state index in [1.807, 2.05) is 30.3 Å². The first-order valence-corrected chi connectivity index (χ1v) is 5.87. The molecule has 5 heteroatoms. The second-order valence-electron chi connectivity index (χ2n) is 4.02. The van der Waals surface area contributed by atoms with Crippen LogP contribution in [0.1, 0.15) is 35.8 Å². The van der Waals surface area contributed by atoms with Gasteiger partial charge in [-0.25, -0.2) is 14.1 Å². The Kier molecular flexibility index (Phi) is 2.48. The SMILES string of the molecule is FC1CC(c2ccccc2)n2nc(C=S)nc21. The van der Waals surface area contributed by atoms with Crippen molar-refractivity contribution in [1.82, 2.24) is 14.8 Å². The monoisotopic (exact) mass is 247 g/mol. The maximum absolute atomic E-state index is 13.8. The molecular formula is C12H10FN3S. The van der Waals surface area contributed by atoms with Crippen molar-refractivity contribution in [2.24, 2.45) is 0 Å². The molecule has 2 unspecified atom stereocenters. The molecular weight excluding hydrogens is 237 g/mol. The van der Waals surface area contributed by atoms with Crippen LogP contribution < -0.4 is 0 Å². The number of aromatic nitrogens is 3. The zero-order valence-electron chi connectivity index (χ0n) is 8.95. The van der Waals surface area contributed by atoms with E-state index in [1.165, 1.54) is 5.37 Å². The fourth-order valence-electron chi connectivity index (χ4n) is 2.20. The van der Waals surface area contributed by atoms with Gasteiger partial charge in [-0.05, 0) is 5.56 Å². The molecule has 0 aliphatic carbocycles. The summed E-state index contributed by atoms with van der Waals surface area (Å²) in [4.78, 5) is 4.08. The van der Waals surface area contributed by atoms with Crippen LogP contribution in [0, 0.1) is 0 Å². The van der Waals surface area contributed by atoms with E-state index in [1.54, 1.807) is 4.68 Å². The first kappa shape index (κ1) is 10.5. The van der Waals surface area contributed by atoms with Crippen molar-refractivity contribution in [3.8, 4) is 0 Å². The van der Waals surface area contributed by atoms with Gasteiger partial charge in [0.15, 0.2) is 17.8 Å². The summed E-state index contributed by atoms with van der Waals surface area (Å²) in [6.45, 7) is 0. The highest BCUT2D eigenvalue weighted by Crippen LogP contribution is 2.38. The van der Waals surface area contributed by atoms with Crippen molar-refractivity contribution in [3.63, 3.8) is 0 Å². The van der Waals surface area contributed by atoms with E-state index in [0.29, 0.717) is 18.1 Å². The third-order valence-electron chi connectivity index (χ3n) is 2.97. The van der Waals surface area contributed by atoms with Crippen molar-refractivity contribution in [3.05, 3.63) is 47.5 Å². The van der Waals surface area contributed by atoms with Gasteiger partial charge >= 0.3 is 0 Å². The van der Waals surface area contributed by atoms with Crippen LogP contribution >= 0.6 is 12.2 Å². The number of alkyl halides is 1. The standard InChI is InChI=1S/C12H10FN3S/c13-9-6-10(8-4-2-1-3-5-8)16-12(9)14-11(7-17)15-16/h1-5,7,9-10H,6H2. The smallest absolute Gasteiger partial charge is 0.185 e. The average Bonchev–Trinajstić information content (AvgIpc) is 2.91. The van der Waals surface area contributed by atoms with Crippen LogP contribution in [-0.2, 0) is 0 Å². The molecule has 1 aliphatic heterocycles. The van der Waals surface area contributed by atoms with E-state index in [0.717, 1.165) is 5.56 Å². The van der Waals surface area contributed by atoms with E-state index in [4.69, 9.17) is 12.2 Å². The van der Waals surface area contributed by atoms with Crippen LogP contribution in [0.5, 0.6) is 0 Å². The number of rotatable bonds is 2. The Morgan fingerprint density at radius 3 is 2.82 bits per heavy atom. The fraction of sp³-hybridized carbons (Fsp3) is 0.250. The Morgan fingerprint density at radius 1 is 1.35 bits per heavy atom. The van der Waals surface area contributed by atoms with Crippen molar-refractivity contribution in [2.75, 3.05) is 0 Å². The number of benzene rings is 1. The van der Waals surface area contributed by atoms with Crippen LogP contribution in [0.2, 0.25) is 0 Å². The summed E-state index contributed by atoms with van der Waals surface area (Å²) in [7, 11) is 0. The minimum absolute atomic E-state index is 0.0719. The van der Waals surface area contributed by atoms with Gasteiger partial charge in [0.2, 0.25) is 0 Å². The third-order valence-corrected chi connectivity index (χ3v) is 3.18. The van der Waals surface area contributed by atoms with Crippen molar-refractivity contribution in [1.29, 1.82) is 0 Å². The Bertz CT molecular complexity index is 552. The van der Waals surface area contributed by atoms with Gasteiger partial charge in [0.1, 0.15) is 0 Å². The number of halogens is 1. The zero-order valence-corrected chi connectivity index (χ0v) is 9.77. The number of fused-ring (bicyclic) bond motifs is 1. The Hall–Kier alpha value is -1.62. The second kappa shape index (κ2) is 4.00. The Balaban J connectivity index is 2.06. The van der Waals surface area contributed by atoms with Gasteiger partial charge in [-0.3, -0.25) is 0 Å². The summed E-state index contributed by atoms with van der Waals surface area (Å²) in [6.07, 6.45) is -0.659. The molecule has 0 spiro atoms. The lowest BCUT2D eigenvalue weighted by molar-refractivity contribution is 0.328. The molecule has 0 amide bonds. The summed E-state index contributed by atoms with van der Waals surface area (Å²) in [5.74, 6) is 0.799. The second-order valence-corrected chi connectivity index (χ2v) is 4.26. The molecule has 2 atom stereocenters. The number of thiocarbonyl (C=S) groups is 1. The van der Waals surface area contributed by atoms with Gasteiger partial charge in [0.25, 0.3) is 0 Å². The van der Waals surface area contributed by atoms with Crippen LogP contribution in [-0.4, -0.2) is 20.1 Å². The zero-order chi connectivity index (χ0) is 11.8. The van der Waals surface area contributed by atoms with Crippen molar-refractivity contribution < 1.29 is 4.39 Å². The average molecular weight is 247 g/mol. The van der Waals surface area contributed by atoms with Gasteiger partial charge in [-0.2, -0.15) is 0 Å². The molecule has 1 aromatic heterocycles. The van der Waals surface area contributed by atoms with E-state index in [2.05, 4.69) is 10.1 Å². The summed E-state index contributed by atoms with van der Waals surface area (Å²) < 4.78 is 15.5. The van der Waals surface area contributed by atoms with Crippen molar-refractivity contribution in [2.45, 2.75) is 18.6 Å². The molecule has 0 saturated carbocycles. The molecule has 2 heterocycles. The van der Waals surface area contributed by atoms with Gasteiger partial charge in [0.05, 0.1) is 6.04 Å². The van der Waals surface area contributed by atoms with Gasteiger partial charge < -0.3 is 0 Å². The molecule has 1 aliphatic rings. The van der Waals surface area contributed by atoms with Crippen LogP contribution in [0.25, 0.3) is 0 Å². The first-order valence-electron chi connectivity index (χ1n) is 5.40. The molecule has 1 aromatic carbocycles. The summed E-state index contributed by atoms with van der Waals surface area (Å²) in [6, 6.07) is 9.71. The fourth-order valence-corrected chi connectivity index (χ4v) is 2.30. The third kappa shape index (κ3) is 1.67. The summed E-state index contributed by atoms with van der Waals surface area (Å²) in [5.41, 5.74) is 1.05. The predicted octanol–water partition coefficient (Wildman–Crippen LogP) is 2.63. The first-order chi connectivity index (χ1) is 8.29. The largest absolute Gasteiger partial charge is 0.239 e. The number of nitrogens with zero attached hydrogens (tertiary/aromatic N) is 3. The molecule has 0 N–H and O–H groups in total. The predicted molar refractivity (Wildman–Crippen MR) is 65.8 cm³/mol. The van der Waals surface area contributed by atoms with Crippen molar-refractivity contribution >= 4 is 17.6 Å². The minimum Gasteiger partial charge on any atom is -0.239 e. The quantitative estimate of drug-likeness (QED) is 0.764. The van der Waals surface area contributed by atoms with Gasteiger partial charge in [-0.15, -0.1) is 5.10 Å².